The molecule has 2 fully saturated rings. The minimum atomic E-state index is -0.351. The van der Waals surface area contributed by atoms with Crippen molar-refractivity contribution in [3.05, 3.63) is 71.8 Å². The third-order valence-corrected chi connectivity index (χ3v) is 6.90. The number of carbonyl (C=O) groups excluding carboxylic acids is 2. The van der Waals surface area contributed by atoms with Crippen molar-refractivity contribution < 1.29 is 14.3 Å². The summed E-state index contributed by atoms with van der Waals surface area (Å²) in [5.74, 6) is 0.563. The van der Waals surface area contributed by atoms with Gasteiger partial charge in [0, 0.05) is 38.3 Å². The molecule has 0 saturated carbocycles. The number of likely N-dealkylation sites (tertiary alicyclic amines) is 1. The fourth-order valence-corrected chi connectivity index (χ4v) is 5.24. The van der Waals surface area contributed by atoms with Gasteiger partial charge in [-0.25, -0.2) is 0 Å². The van der Waals surface area contributed by atoms with Crippen LogP contribution >= 0.6 is 0 Å². The van der Waals surface area contributed by atoms with E-state index in [0.29, 0.717) is 11.5 Å². The highest BCUT2D eigenvalue weighted by Crippen LogP contribution is 2.24. The van der Waals surface area contributed by atoms with Gasteiger partial charge >= 0.3 is 0 Å². The van der Waals surface area contributed by atoms with Crippen LogP contribution in [0.5, 0.6) is 0 Å². The molecule has 182 valence electrons. The summed E-state index contributed by atoms with van der Waals surface area (Å²) in [6.45, 7) is 8.92. The fourth-order valence-electron chi connectivity index (χ4n) is 5.24. The van der Waals surface area contributed by atoms with Gasteiger partial charge in [0.1, 0.15) is 0 Å². The van der Waals surface area contributed by atoms with E-state index >= 15 is 0 Å². The monoisotopic (exact) mass is 463 g/mol. The van der Waals surface area contributed by atoms with Crippen molar-refractivity contribution in [3.63, 3.8) is 0 Å². The maximum absolute atomic E-state index is 13.2. The lowest BCUT2D eigenvalue weighted by atomic mass is 9.94. The highest BCUT2D eigenvalue weighted by Gasteiger charge is 2.29. The zero-order valence-corrected chi connectivity index (χ0v) is 20.4. The number of piperidine rings is 1. The minimum absolute atomic E-state index is 0.106. The number of nitrogens with zero attached hydrogens (tertiary/aromatic N) is 2. The Morgan fingerprint density at radius 1 is 0.941 bits per heavy atom. The van der Waals surface area contributed by atoms with E-state index in [-0.39, 0.29) is 36.5 Å². The summed E-state index contributed by atoms with van der Waals surface area (Å²) >= 11 is 0. The zero-order chi connectivity index (χ0) is 23.9. The topological polar surface area (TPSA) is 61.9 Å². The molecule has 2 aromatic carbocycles. The minimum Gasteiger partial charge on any atom is -0.373 e. The molecule has 0 aromatic heterocycles. The van der Waals surface area contributed by atoms with Gasteiger partial charge in [0.25, 0.3) is 5.91 Å². The Morgan fingerprint density at radius 2 is 1.53 bits per heavy atom. The largest absolute Gasteiger partial charge is 0.373 e. The molecule has 6 heteroatoms. The van der Waals surface area contributed by atoms with Crippen LogP contribution in [-0.4, -0.2) is 66.5 Å². The lowest BCUT2D eigenvalue weighted by molar-refractivity contribution is -0.133. The number of benzene rings is 2. The van der Waals surface area contributed by atoms with Gasteiger partial charge in [-0.2, -0.15) is 0 Å². The van der Waals surface area contributed by atoms with E-state index < -0.39 is 0 Å². The molecule has 0 radical (unpaired) electrons. The van der Waals surface area contributed by atoms with Crippen molar-refractivity contribution in [1.82, 2.24) is 15.1 Å². The van der Waals surface area contributed by atoms with Crippen molar-refractivity contribution in [1.29, 1.82) is 0 Å². The third-order valence-electron chi connectivity index (χ3n) is 6.90. The Morgan fingerprint density at radius 3 is 2.15 bits per heavy atom. The molecule has 0 aliphatic carbocycles. The summed E-state index contributed by atoms with van der Waals surface area (Å²) < 4.78 is 5.86. The Hall–Kier alpha value is -2.70. The summed E-state index contributed by atoms with van der Waals surface area (Å²) in [6, 6.07) is 18.6. The van der Waals surface area contributed by atoms with Crippen LogP contribution in [0.4, 0.5) is 0 Å². The van der Waals surface area contributed by atoms with Crippen LogP contribution in [-0.2, 0) is 9.53 Å². The molecule has 3 atom stereocenters. The molecule has 6 nitrogen and oxygen atoms in total. The van der Waals surface area contributed by atoms with Gasteiger partial charge in [0.05, 0.1) is 24.7 Å². The van der Waals surface area contributed by atoms with E-state index in [1.807, 2.05) is 53.4 Å². The van der Waals surface area contributed by atoms with Crippen LogP contribution in [0, 0.1) is 5.92 Å². The highest BCUT2D eigenvalue weighted by molar-refractivity contribution is 5.94. The Balaban J connectivity index is 1.32. The number of morpholine rings is 1. The number of carbonyl (C=O) groups is 2. The van der Waals surface area contributed by atoms with Crippen molar-refractivity contribution in [3.8, 4) is 0 Å². The summed E-state index contributed by atoms with van der Waals surface area (Å²) in [5, 5.41) is 3.09. The first kappa shape index (κ1) is 24.4. The fraction of sp³-hybridized carbons (Fsp3) is 0.500. The summed E-state index contributed by atoms with van der Waals surface area (Å²) in [6.07, 6.45) is 2.89. The molecule has 34 heavy (non-hydrogen) atoms. The van der Waals surface area contributed by atoms with Gasteiger partial charge in [-0.3, -0.25) is 14.5 Å². The summed E-state index contributed by atoms with van der Waals surface area (Å²) in [5.41, 5.74) is 1.55. The quantitative estimate of drug-likeness (QED) is 0.677. The van der Waals surface area contributed by atoms with Crippen molar-refractivity contribution in [2.45, 2.75) is 51.4 Å². The Labute approximate surface area is 203 Å². The van der Waals surface area contributed by atoms with Crippen molar-refractivity contribution in [2.24, 2.45) is 5.92 Å². The maximum Gasteiger partial charge on any atom is 0.251 e. The molecule has 2 aliphatic rings. The average Bonchev–Trinajstić information content (AvgIpc) is 2.84. The number of ether oxygens (including phenoxy) is 1. The van der Waals surface area contributed by atoms with Crippen LogP contribution < -0.4 is 5.32 Å². The smallest absolute Gasteiger partial charge is 0.251 e. The molecule has 2 aliphatic heterocycles. The van der Waals surface area contributed by atoms with Crippen molar-refractivity contribution in [2.75, 3.05) is 32.7 Å². The van der Waals surface area contributed by atoms with E-state index in [9.17, 15) is 9.59 Å². The standard InChI is InChI=1S/C28H37N3O3/c1-21-18-30(19-22(2)34-21)20-23-13-15-31(16-14-23)27(32)17-26(24-9-5-3-6-10-24)29-28(33)25-11-7-4-8-12-25/h3-12,21-23,26H,13-20H2,1-2H3,(H,29,33). The summed E-state index contributed by atoms with van der Waals surface area (Å²) in [4.78, 5) is 30.5. The second kappa shape index (κ2) is 11.6. The second-order valence-corrected chi connectivity index (χ2v) is 9.81. The lowest BCUT2D eigenvalue weighted by Gasteiger charge is -2.39. The van der Waals surface area contributed by atoms with Gasteiger partial charge < -0.3 is 15.0 Å². The third kappa shape index (κ3) is 6.67. The molecule has 2 aromatic rings. The average molecular weight is 464 g/mol. The number of rotatable bonds is 7. The first-order valence-electron chi connectivity index (χ1n) is 12.5. The predicted molar refractivity (Wildman–Crippen MR) is 133 cm³/mol. The molecule has 1 N–H and O–H groups in total. The highest BCUT2D eigenvalue weighted by atomic mass is 16.5. The Kier molecular flexibility index (Phi) is 8.35. The number of amides is 2. The number of hydrogen-bond donors (Lipinski definition) is 1. The van der Waals surface area contributed by atoms with Crippen molar-refractivity contribution >= 4 is 11.8 Å². The van der Waals surface area contributed by atoms with E-state index in [0.717, 1.165) is 51.1 Å². The second-order valence-electron chi connectivity index (χ2n) is 9.81. The van der Waals surface area contributed by atoms with Crippen LogP contribution in [0.25, 0.3) is 0 Å². The van der Waals surface area contributed by atoms with E-state index in [1.54, 1.807) is 12.1 Å². The normalized spacial score (nSPS) is 22.8. The SMILES string of the molecule is CC1CN(CC2CCN(C(=O)CC(NC(=O)c3ccccc3)c3ccccc3)CC2)CC(C)O1. The van der Waals surface area contributed by atoms with E-state index in [4.69, 9.17) is 4.74 Å². The van der Waals surface area contributed by atoms with Gasteiger partial charge in [-0.15, -0.1) is 0 Å². The summed E-state index contributed by atoms with van der Waals surface area (Å²) in [7, 11) is 0. The van der Waals surface area contributed by atoms with Crippen LogP contribution in [0.1, 0.15) is 55.1 Å². The maximum atomic E-state index is 13.2. The molecule has 0 spiro atoms. The predicted octanol–water partition coefficient (Wildman–Crippen LogP) is 3.90. The van der Waals surface area contributed by atoms with Gasteiger partial charge in [0.2, 0.25) is 5.91 Å². The molecule has 2 heterocycles. The first-order valence-corrected chi connectivity index (χ1v) is 12.5. The molecule has 2 saturated heterocycles. The number of hydrogen-bond acceptors (Lipinski definition) is 4. The molecule has 3 unspecified atom stereocenters. The first-order chi connectivity index (χ1) is 16.5. The Bertz CT molecular complexity index is 918. The number of nitrogens with one attached hydrogen (secondary N) is 1. The molecule has 2 amide bonds. The molecular formula is C28H37N3O3. The molecule has 0 bridgehead atoms. The van der Waals surface area contributed by atoms with Crippen LogP contribution in [0.3, 0.4) is 0 Å². The van der Waals surface area contributed by atoms with Crippen LogP contribution in [0.15, 0.2) is 60.7 Å². The van der Waals surface area contributed by atoms with E-state index in [1.165, 1.54) is 0 Å². The van der Waals surface area contributed by atoms with E-state index in [2.05, 4.69) is 24.1 Å². The van der Waals surface area contributed by atoms with Gasteiger partial charge in [-0.05, 0) is 50.3 Å². The zero-order valence-electron chi connectivity index (χ0n) is 20.4. The lowest BCUT2D eigenvalue weighted by Crippen LogP contribution is -2.49. The van der Waals surface area contributed by atoms with Gasteiger partial charge in [-0.1, -0.05) is 48.5 Å². The van der Waals surface area contributed by atoms with Crippen LogP contribution in [0.2, 0.25) is 0 Å². The molecule has 4 rings (SSSR count). The molecular weight excluding hydrogens is 426 g/mol. The van der Waals surface area contributed by atoms with Gasteiger partial charge in [0.15, 0.2) is 0 Å².